The van der Waals surface area contributed by atoms with Crippen LogP contribution >= 0.6 is 0 Å². The second kappa shape index (κ2) is 4.62. The van der Waals surface area contributed by atoms with E-state index in [-0.39, 0.29) is 18.0 Å². The van der Waals surface area contributed by atoms with E-state index in [4.69, 9.17) is 5.73 Å². The van der Waals surface area contributed by atoms with Gasteiger partial charge in [0.1, 0.15) is 5.82 Å². The molecule has 0 radical (unpaired) electrons. The Balaban J connectivity index is 2.39. The van der Waals surface area contributed by atoms with E-state index in [1.165, 1.54) is 12.1 Å². The minimum absolute atomic E-state index is 0.0884. The highest BCUT2D eigenvalue weighted by atomic mass is 32.2. The third-order valence-electron chi connectivity index (χ3n) is 2.87. The highest BCUT2D eigenvalue weighted by molar-refractivity contribution is 7.92. The predicted molar refractivity (Wildman–Crippen MR) is 64.7 cm³/mol. The van der Waals surface area contributed by atoms with Gasteiger partial charge in [-0.25, -0.2) is 12.8 Å². The quantitative estimate of drug-likeness (QED) is 0.867. The molecule has 94 valence electrons. The van der Waals surface area contributed by atoms with Crippen molar-refractivity contribution in [3.63, 3.8) is 0 Å². The maximum absolute atomic E-state index is 13.8. The Bertz CT molecular complexity index is 516. The zero-order chi connectivity index (χ0) is 12.5. The number of hydrogen-bond donors (Lipinski definition) is 1. The molecule has 1 fully saturated rings. The largest absolute Gasteiger partial charge is 0.326 e. The molecule has 0 amide bonds. The monoisotopic (exact) mass is 258 g/mol. The van der Waals surface area contributed by atoms with Gasteiger partial charge in [-0.3, -0.25) is 4.31 Å². The number of halogens is 1. The van der Waals surface area contributed by atoms with Crippen molar-refractivity contribution in [2.45, 2.75) is 19.4 Å². The Hall–Kier alpha value is -1.14. The molecule has 1 aliphatic rings. The van der Waals surface area contributed by atoms with Crippen LogP contribution in [0.2, 0.25) is 0 Å². The third kappa shape index (κ3) is 2.42. The molecule has 0 spiro atoms. The highest BCUT2D eigenvalue weighted by Crippen LogP contribution is 2.26. The standard InChI is InChI=1S/C11H15FN2O2S/c12-10-7-9(8-13)3-4-11(10)14-5-1-2-6-17(14,15)16/h3-4,7H,1-2,5-6,8,13H2. The third-order valence-corrected chi connectivity index (χ3v) is 4.72. The Morgan fingerprint density at radius 2 is 2.12 bits per heavy atom. The SMILES string of the molecule is NCc1ccc(N2CCCCS2(=O)=O)c(F)c1. The molecule has 1 saturated heterocycles. The summed E-state index contributed by atoms with van der Waals surface area (Å²) in [6.45, 7) is 0.588. The van der Waals surface area contributed by atoms with Crippen LogP contribution in [0, 0.1) is 5.82 Å². The van der Waals surface area contributed by atoms with E-state index in [9.17, 15) is 12.8 Å². The fourth-order valence-electron chi connectivity index (χ4n) is 1.94. The first kappa shape index (κ1) is 12.3. The molecule has 0 aliphatic carbocycles. The second-order valence-corrected chi connectivity index (χ2v) is 6.10. The summed E-state index contributed by atoms with van der Waals surface area (Å²) in [7, 11) is -3.36. The van der Waals surface area contributed by atoms with Crippen LogP contribution in [-0.4, -0.2) is 20.7 Å². The van der Waals surface area contributed by atoms with E-state index >= 15 is 0 Å². The van der Waals surface area contributed by atoms with Gasteiger partial charge in [0.25, 0.3) is 0 Å². The number of anilines is 1. The summed E-state index contributed by atoms with van der Waals surface area (Å²) in [5.41, 5.74) is 6.18. The van der Waals surface area contributed by atoms with Crippen molar-refractivity contribution in [2.75, 3.05) is 16.6 Å². The highest BCUT2D eigenvalue weighted by Gasteiger charge is 2.27. The number of benzene rings is 1. The molecule has 2 rings (SSSR count). The van der Waals surface area contributed by atoms with Gasteiger partial charge >= 0.3 is 0 Å². The zero-order valence-corrected chi connectivity index (χ0v) is 10.2. The first-order valence-electron chi connectivity index (χ1n) is 5.53. The number of rotatable bonds is 2. The van der Waals surface area contributed by atoms with Crippen molar-refractivity contribution in [1.82, 2.24) is 0 Å². The molecule has 0 aromatic heterocycles. The van der Waals surface area contributed by atoms with E-state index < -0.39 is 15.8 Å². The lowest BCUT2D eigenvalue weighted by atomic mass is 10.2. The second-order valence-electron chi connectivity index (χ2n) is 4.09. The summed E-state index contributed by atoms with van der Waals surface area (Å²) < 4.78 is 38.6. The van der Waals surface area contributed by atoms with E-state index in [1.54, 1.807) is 6.07 Å². The molecular formula is C11H15FN2O2S. The van der Waals surface area contributed by atoms with Crippen molar-refractivity contribution >= 4 is 15.7 Å². The van der Waals surface area contributed by atoms with Crippen LogP contribution in [0.4, 0.5) is 10.1 Å². The summed E-state index contributed by atoms with van der Waals surface area (Å²) in [5.74, 6) is -0.441. The van der Waals surface area contributed by atoms with Crippen molar-refractivity contribution in [2.24, 2.45) is 5.73 Å². The average Bonchev–Trinajstić information content (AvgIpc) is 2.29. The van der Waals surface area contributed by atoms with Gasteiger partial charge in [0, 0.05) is 13.1 Å². The summed E-state index contributed by atoms with van der Waals surface area (Å²) in [5, 5.41) is 0. The van der Waals surface area contributed by atoms with Crippen molar-refractivity contribution in [1.29, 1.82) is 0 Å². The Kier molecular flexibility index (Phi) is 3.35. The van der Waals surface area contributed by atoms with Gasteiger partial charge < -0.3 is 5.73 Å². The van der Waals surface area contributed by atoms with E-state index in [1.807, 2.05) is 0 Å². The molecule has 2 N–H and O–H groups in total. The maximum atomic E-state index is 13.8. The maximum Gasteiger partial charge on any atom is 0.235 e. The Labute approximate surface area is 100 Å². The number of nitrogens with two attached hydrogens (primary N) is 1. The van der Waals surface area contributed by atoms with Crippen LogP contribution in [0.5, 0.6) is 0 Å². The van der Waals surface area contributed by atoms with E-state index in [0.29, 0.717) is 18.5 Å². The van der Waals surface area contributed by atoms with E-state index in [0.717, 1.165) is 10.7 Å². The Morgan fingerprint density at radius 1 is 1.35 bits per heavy atom. The molecule has 6 heteroatoms. The van der Waals surface area contributed by atoms with Crippen LogP contribution in [0.15, 0.2) is 18.2 Å². The topological polar surface area (TPSA) is 63.4 Å². The lowest BCUT2D eigenvalue weighted by Crippen LogP contribution is -2.38. The van der Waals surface area contributed by atoms with Crippen molar-refractivity contribution < 1.29 is 12.8 Å². The molecule has 0 bridgehead atoms. The summed E-state index contributed by atoms with van der Waals surface area (Å²) >= 11 is 0. The Morgan fingerprint density at radius 3 is 2.71 bits per heavy atom. The van der Waals surface area contributed by atoms with Gasteiger partial charge in [-0.05, 0) is 30.5 Å². The first-order valence-corrected chi connectivity index (χ1v) is 7.14. The van der Waals surface area contributed by atoms with E-state index in [2.05, 4.69) is 0 Å². The average molecular weight is 258 g/mol. The van der Waals surface area contributed by atoms with Gasteiger partial charge in [-0.15, -0.1) is 0 Å². The summed E-state index contributed by atoms with van der Waals surface area (Å²) in [4.78, 5) is 0. The number of nitrogens with zero attached hydrogens (tertiary/aromatic N) is 1. The van der Waals surface area contributed by atoms with Gasteiger partial charge in [-0.2, -0.15) is 0 Å². The molecule has 1 aliphatic heterocycles. The molecule has 0 unspecified atom stereocenters. The van der Waals surface area contributed by atoms with Gasteiger partial charge in [0.15, 0.2) is 0 Å². The minimum Gasteiger partial charge on any atom is -0.326 e. The molecule has 17 heavy (non-hydrogen) atoms. The number of sulfonamides is 1. The van der Waals surface area contributed by atoms with Crippen LogP contribution < -0.4 is 10.0 Å². The van der Waals surface area contributed by atoms with Crippen molar-refractivity contribution in [3.8, 4) is 0 Å². The zero-order valence-electron chi connectivity index (χ0n) is 9.39. The van der Waals surface area contributed by atoms with Gasteiger partial charge in [0.2, 0.25) is 10.0 Å². The fraction of sp³-hybridized carbons (Fsp3) is 0.455. The number of hydrogen-bond acceptors (Lipinski definition) is 3. The molecule has 1 aromatic carbocycles. The lowest BCUT2D eigenvalue weighted by molar-refractivity contribution is 0.568. The minimum atomic E-state index is -3.36. The lowest BCUT2D eigenvalue weighted by Gasteiger charge is -2.28. The summed E-state index contributed by atoms with van der Waals surface area (Å²) in [6.07, 6.45) is 1.40. The molecule has 0 saturated carbocycles. The molecule has 1 aromatic rings. The molecule has 0 atom stereocenters. The normalized spacial score (nSPS) is 19.3. The van der Waals surface area contributed by atoms with Crippen LogP contribution in [0.3, 0.4) is 0 Å². The van der Waals surface area contributed by atoms with Crippen molar-refractivity contribution in [3.05, 3.63) is 29.6 Å². The molecular weight excluding hydrogens is 243 g/mol. The van der Waals surface area contributed by atoms with Crippen LogP contribution in [0.25, 0.3) is 0 Å². The first-order chi connectivity index (χ1) is 8.04. The fourth-order valence-corrected chi connectivity index (χ4v) is 3.58. The summed E-state index contributed by atoms with van der Waals surface area (Å²) in [6, 6.07) is 4.43. The van der Waals surface area contributed by atoms with Crippen LogP contribution in [-0.2, 0) is 16.6 Å². The van der Waals surface area contributed by atoms with Gasteiger partial charge in [-0.1, -0.05) is 6.07 Å². The van der Waals surface area contributed by atoms with Crippen LogP contribution in [0.1, 0.15) is 18.4 Å². The van der Waals surface area contributed by atoms with Gasteiger partial charge in [0.05, 0.1) is 11.4 Å². The smallest absolute Gasteiger partial charge is 0.235 e. The molecule has 4 nitrogen and oxygen atoms in total. The molecule has 1 heterocycles. The predicted octanol–water partition coefficient (Wildman–Crippen LogP) is 1.21.